The van der Waals surface area contributed by atoms with Crippen molar-refractivity contribution in [3.05, 3.63) is 29.8 Å². The number of rotatable bonds is 19. The summed E-state index contributed by atoms with van der Waals surface area (Å²) in [4.78, 5) is 36.5. The largest absolute Gasteiger partial charge is 0.478 e. The maximum atomic E-state index is 12.7. The lowest BCUT2D eigenvalue weighted by atomic mass is 10.0. The van der Waals surface area contributed by atoms with Gasteiger partial charge in [0.15, 0.2) is 0 Å². The summed E-state index contributed by atoms with van der Waals surface area (Å²) >= 11 is 1.58. The van der Waals surface area contributed by atoms with Crippen LogP contribution in [0.4, 0.5) is 0 Å². The monoisotopic (exact) mass is 493 g/mol. The first-order chi connectivity index (χ1) is 16.3. The van der Waals surface area contributed by atoms with Gasteiger partial charge in [-0.1, -0.05) is 90.7 Å². The Hall–Kier alpha value is -2.02. The SMILES string of the molecule is CCCCCCCCCCCCSCC(=O)NC(CC(C)C)C(=O)Oc1ccccc1C(=O)O. The van der Waals surface area contributed by atoms with E-state index in [4.69, 9.17) is 4.74 Å². The van der Waals surface area contributed by atoms with Crippen molar-refractivity contribution in [2.24, 2.45) is 5.92 Å². The van der Waals surface area contributed by atoms with Crippen molar-refractivity contribution in [2.75, 3.05) is 11.5 Å². The van der Waals surface area contributed by atoms with Crippen LogP contribution in [0.1, 0.15) is 102 Å². The zero-order valence-corrected chi connectivity index (χ0v) is 22.0. The number of carbonyl (C=O) groups excluding carboxylic acids is 2. The van der Waals surface area contributed by atoms with Crippen molar-refractivity contribution in [1.29, 1.82) is 0 Å². The fourth-order valence-electron chi connectivity index (χ4n) is 3.69. The predicted molar refractivity (Wildman–Crippen MR) is 140 cm³/mol. The molecule has 1 aromatic carbocycles. The van der Waals surface area contributed by atoms with Gasteiger partial charge in [-0.05, 0) is 36.6 Å². The summed E-state index contributed by atoms with van der Waals surface area (Å²) in [5.41, 5.74) is -0.0856. The van der Waals surface area contributed by atoms with Crippen LogP contribution in [-0.2, 0) is 9.59 Å². The number of carbonyl (C=O) groups is 3. The quantitative estimate of drug-likeness (QED) is 0.130. The van der Waals surface area contributed by atoms with Crippen LogP contribution in [0, 0.1) is 5.92 Å². The summed E-state index contributed by atoms with van der Waals surface area (Å²) in [6.07, 6.45) is 13.3. The number of carboxylic acid groups (broad SMARTS) is 1. The highest BCUT2D eigenvalue weighted by molar-refractivity contribution is 7.99. The molecule has 0 aromatic heterocycles. The molecule has 0 aliphatic rings. The number of nitrogens with one attached hydrogen (secondary N) is 1. The molecule has 0 aliphatic heterocycles. The Labute approximate surface area is 209 Å². The molecule has 192 valence electrons. The molecule has 0 bridgehead atoms. The minimum atomic E-state index is -1.17. The molecule has 0 aliphatic carbocycles. The van der Waals surface area contributed by atoms with E-state index < -0.39 is 18.0 Å². The number of ether oxygens (including phenoxy) is 1. The highest BCUT2D eigenvalue weighted by Crippen LogP contribution is 2.19. The molecule has 0 heterocycles. The molecule has 34 heavy (non-hydrogen) atoms. The Kier molecular flexibility index (Phi) is 16.2. The van der Waals surface area contributed by atoms with Gasteiger partial charge in [-0.25, -0.2) is 9.59 Å². The van der Waals surface area contributed by atoms with E-state index in [1.54, 1.807) is 23.9 Å². The van der Waals surface area contributed by atoms with Crippen LogP contribution in [0.3, 0.4) is 0 Å². The van der Waals surface area contributed by atoms with Gasteiger partial charge in [0.25, 0.3) is 0 Å². The van der Waals surface area contributed by atoms with Crippen LogP contribution in [0.2, 0.25) is 0 Å². The number of carboxylic acids is 1. The average Bonchev–Trinajstić information content (AvgIpc) is 2.79. The number of amides is 1. The van der Waals surface area contributed by atoms with Crippen LogP contribution in [-0.4, -0.2) is 40.5 Å². The second-order valence-electron chi connectivity index (χ2n) is 9.21. The van der Waals surface area contributed by atoms with Gasteiger partial charge in [0, 0.05) is 0 Å². The molecule has 0 spiro atoms. The van der Waals surface area contributed by atoms with Gasteiger partial charge in [0.05, 0.1) is 5.75 Å². The standard InChI is InChI=1S/C27H43NO5S/c1-4-5-6-7-8-9-10-11-12-15-18-34-20-25(29)28-23(19-21(2)3)27(32)33-24-17-14-13-16-22(24)26(30)31/h13-14,16-17,21,23H,4-12,15,18-20H2,1-3H3,(H,28,29)(H,30,31). The van der Waals surface area contributed by atoms with Gasteiger partial charge >= 0.3 is 11.9 Å². The summed E-state index contributed by atoms with van der Waals surface area (Å²) in [6.45, 7) is 6.15. The maximum Gasteiger partial charge on any atom is 0.339 e. The fourth-order valence-corrected chi connectivity index (χ4v) is 4.51. The lowest BCUT2D eigenvalue weighted by molar-refractivity contribution is -0.139. The van der Waals surface area contributed by atoms with Crippen molar-refractivity contribution in [3.8, 4) is 5.75 Å². The second kappa shape index (κ2) is 18.3. The topological polar surface area (TPSA) is 92.7 Å². The van der Waals surface area contributed by atoms with E-state index in [-0.39, 0.29) is 23.1 Å². The third-order valence-electron chi connectivity index (χ3n) is 5.53. The van der Waals surface area contributed by atoms with Crippen molar-refractivity contribution < 1.29 is 24.2 Å². The van der Waals surface area contributed by atoms with E-state index >= 15 is 0 Å². The summed E-state index contributed by atoms with van der Waals surface area (Å²) in [7, 11) is 0. The zero-order chi connectivity index (χ0) is 25.2. The third-order valence-corrected chi connectivity index (χ3v) is 6.57. The number of hydrogen-bond acceptors (Lipinski definition) is 5. The number of hydrogen-bond donors (Lipinski definition) is 2. The first kappa shape index (κ1) is 30.0. The average molecular weight is 494 g/mol. The van der Waals surface area contributed by atoms with Gasteiger partial charge < -0.3 is 15.2 Å². The summed E-state index contributed by atoms with van der Waals surface area (Å²) in [5.74, 6) is -0.650. The van der Waals surface area contributed by atoms with Crippen molar-refractivity contribution >= 4 is 29.6 Å². The molecule has 0 saturated heterocycles. The molecule has 0 radical (unpaired) electrons. The Morgan fingerprint density at radius 3 is 2.12 bits per heavy atom. The minimum Gasteiger partial charge on any atom is -0.478 e. The molecule has 1 unspecified atom stereocenters. The van der Waals surface area contributed by atoms with Crippen LogP contribution >= 0.6 is 11.8 Å². The van der Waals surface area contributed by atoms with E-state index in [1.165, 1.54) is 69.9 Å². The summed E-state index contributed by atoms with van der Waals surface area (Å²) in [6, 6.07) is 5.19. The van der Waals surface area contributed by atoms with Crippen LogP contribution in [0.25, 0.3) is 0 Å². The van der Waals surface area contributed by atoms with Crippen LogP contribution < -0.4 is 10.1 Å². The summed E-state index contributed by atoms with van der Waals surface area (Å²) in [5, 5.41) is 12.1. The molecule has 0 saturated carbocycles. The number of esters is 1. The zero-order valence-electron chi connectivity index (χ0n) is 21.1. The number of aromatic carboxylic acids is 1. The smallest absolute Gasteiger partial charge is 0.339 e. The molecule has 1 atom stereocenters. The predicted octanol–water partition coefficient (Wildman–Crippen LogP) is 6.48. The molecule has 1 aromatic rings. The molecule has 6 nitrogen and oxygen atoms in total. The summed E-state index contributed by atoms with van der Waals surface area (Å²) < 4.78 is 5.35. The van der Waals surface area contributed by atoms with Crippen LogP contribution in [0.5, 0.6) is 5.75 Å². The van der Waals surface area contributed by atoms with Gasteiger partial charge in [0.2, 0.25) is 5.91 Å². The number of benzene rings is 1. The Balaban J connectivity index is 2.32. The lowest BCUT2D eigenvalue weighted by Crippen LogP contribution is -2.44. The molecule has 1 rings (SSSR count). The molecule has 7 heteroatoms. The van der Waals surface area contributed by atoms with Gasteiger partial charge in [-0.2, -0.15) is 11.8 Å². The highest BCUT2D eigenvalue weighted by Gasteiger charge is 2.25. The number of unbranched alkanes of at least 4 members (excludes halogenated alkanes) is 9. The van der Waals surface area contributed by atoms with Gasteiger partial charge in [0.1, 0.15) is 17.4 Å². The number of para-hydroxylation sites is 1. The van der Waals surface area contributed by atoms with Gasteiger partial charge in [-0.3, -0.25) is 4.79 Å². The van der Waals surface area contributed by atoms with E-state index in [9.17, 15) is 19.5 Å². The van der Waals surface area contributed by atoms with E-state index in [2.05, 4.69) is 12.2 Å². The first-order valence-corrected chi connectivity index (χ1v) is 13.9. The molecular formula is C27H43NO5S. The molecule has 0 fully saturated rings. The normalized spacial score (nSPS) is 11.9. The molecule has 1 amide bonds. The van der Waals surface area contributed by atoms with Crippen molar-refractivity contribution in [2.45, 2.75) is 97.4 Å². The van der Waals surface area contributed by atoms with Crippen LogP contribution in [0.15, 0.2) is 24.3 Å². The van der Waals surface area contributed by atoms with E-state index in [1.807, 2.05) is 13.8 Å². The first-order valence-electron chi connectivity index (χ1n) is 12.8. The maximum absolute atomic E-state index is 12.7. The van der Waals surface area contributed by atoms with E-state index in [0.717, 1.165) is 12.2 Å². The Morgan fingerprint density at radius 1 is 0.941 bits per heavy atom. The third kappa shape index (κ3) is 13.6. The number of thioether (sulfide) groups is 1. The fraction of sp³-hybridized carbons (Fsp3) is 0.667. The second-order valence-corrected chi connectivity index (χ2v) is 10.3. The minimum absolute atomic E-state index is 0.0154. The van der Waals surface area contributed by atoms with Crippen molar-refractivity contribution in [1.82, 2.24) is 5.32 Å². The molecular weight excluding hydrogens is 450 g/mol. The lowest BCUT2D eigenvalue weighted by Gasteiger charge is -2.19. The van der Waals surface area contributed by atoms with E-state index in [0.29, 0.717) is 12.2 Å². The van der Waals surface area contributed by atoms with Gasteiger partial charge in [-0.15, -0.1) is 0 Å². The molecule has 2 N–H and O–H groups in total. The Bertz CT molecular complexity index is 737. The Morgan fingerprint density at radius 2 is 1.53 bits per heavy atom. The van der Waals surface area contributed by atoms with Crippen molar-refractivity contribution in [3.63, 3.8) is 0 Å². The highest BCUT2D eigenvalue weighted by atomic mass is 32.2.